The topological polar surface area (TPSA) is 91.7 Å². The van der Waals surface area contributed by atoms with Crippen LogP contribution in [0.25, 0.3) is 0 Å². The summed E-state index contributed by atoms with van der Waals surface area (Å²) in [6, 6.07) is 9.46. The summed E-state index contributed by atoms with van der Waals surface area (Å²) < 4.78 is 42.7. The van der Waals surface area contributed by atoms with Gasteiger partial charge >= 0.3 is 12.3 Å². The Bertz CT molecular complexity index is 775. The van der Waals surface area contributed by atoms with Crippen molar-refractivity contribution in [1.29, 1.82) is 0 Å². The lowest BCUT2D eigenvalue weighted by Crippen LogP contribution is -2.36. The van der Waals surface area contributed by atoms with E-state index in [4.69, 9.17) is 16.3 Å². The highest BCUT2D eigenvalue weighted by Gasteiger charge is 2.33. The number of ether oxygens (including phenoxy) is 1. The Morgan fingerprint density at radius 3 is 2.52 bits per heavy atom. The van der Waals surface area contributed by atoms with Crippen LogP contribution in [0.1, 0.15) is 22.9 Å². The van der Waals surface area contributed by atoms with E-state index in [1.54, 1.807) is 24.3 Å². The van der Waals surface area contributed by atoms with Crippen LogP contribution < -0.4 is 5.32 Å². The van der Waals surface area contributed by atoms with Crippen LogP contribution in [0.5, 0.6) is 0 Å². The largest absolute Gasteiger partial charge is 0.445 e. The zero-order valence-electron chi connectivity index (χ0n) is 13.8. The number of alkyl carbamates (subject to hydrolysis) is 1. The van der Waals surface area contributed by atoms with Gasteiger partial charge in [0.05, 0.1) is 16.3 Å². The molecule has 10 heteroatoms. The fourth-order valence-electron chi connectivity index (χ4n) is 2.08. The highest BCUT2D eigenvalue weighted by atomic mass is 35.5. The zero-order chi connectivity index (χ0) is 20.0. The molecular weight excluding hydrogens is 389 g/mol. The quantitative estimate of drug-likeness (QED) is 0.688. The Morgan fingerprint density at radius 2 is 1.93 bits per heavy atom. The predicted molar refractivity (Wildman–Crippen MR) is 89.8 cm³/mol. The number of benzene rings is 1. The number of pyridine rings is 1. The summed E-state index contributed by atoms with van der Waals surface area (Å²) in [6.45, 7) is -0.411. The summed E-state index contributed by atoms with van der Waals surface area (Å²) in [6.07, 6.45) is -8.23. The maximum atomic E-state index is 12.6. The van der Waals surface area contributed by atoms with E-state index in [-0.39, 0.29) is 12.3 Å². The minimum absolute atomic E-state index is 0.0115. The molecule has 27 heavy (non-hydrogen) atoms. The maximum Gasteiger partial charge on any atom is 0.417 e. The van der Waals surface area contributed by atoms with Gasteiger partial charge in [0.15, 0.2) is 0 Å². The van der Waals surface area contributed by atoms with Crippen molar-refractivity contribution in [3.63, 3.8) is 0 Å². The van der Waals surface area contributed by atoms with Crippen molar-refractivity contribution in [3.8, 4) is 0 Å². The molecule has 0 radical (unpaired) electrons. The van der Waals surface area contributed by atoms with Gasteiger partial charge < -0.3 is 20.3 Å². The molecule has 0 aliphatic carbocycles. The number of halogens is 4. The molecule has 2 rings (SSSR count). The van der Waals surface area contributed by atoms with Gasteiger partial charge in [-0.05, 0) is 11.6 Å². The van der Waals surface area contributed by atoms with Crippen molar-refractivity contribution >= 4 is 17.7 Å². The van der Waals surface area contributed by atoms with E-state index in [0.29, 0.717) is 12.3 Å². The van der Waals surface area contributed by atoms with E-state index in [1.807, 2.05) is 6.07 Å². The van der Waals surface area contributed by atoms with Crippen molar-refractivity contribution < 1.29 is 32.9 Å². The molecule has 3 N–H and O–H groups in total. The molecule has 0 saturated heterocycles. The lowest BCUT2D eigenvalue weighted by atomic mass is 10.1. The van der Waals surface area contributed by atoms with Gasteiger partial charge in [-0.1, -0.05) is 41.9 Å². The Labute approximate surface area is 157 Å². The molecule has 0 aliphatic heterocycles. The molecule has 1 amide bonds. The summed E-state index contributed by atoms with van der Waals surface area (Å²) in [7, 11) is 0. The Hall–Kier alpha value is -2.36. The normalized spacial score (nSPS) is 13.7. The minimum Gasteiger partial charge on any atom is -0.445 e. The van der Waals surface area contributed by atoms with Gasteiger partial charge in [0.2, 0.25) is 0 Å². The summed E-state index contributed by atoms with van der Waals surface area (Å²) in [4.78, 5) is 15.1. The monoisotopic (exact) mass is 404 g/mol. The highest BCUT2D eigenvalue weighted by molar-refractivity contribution is 6.31. The summed E-state index contributed by atoms with van der Waals surface area (Å²) >= 11 is 5.71. The molecular formula is C17H16ClF3N2O4. The number of hydrogen-bond donors (Lipinski definition) is 3. The Kier molecular flexibility index (Phi) is 7.00. The smallest absolute Gasteiger partial charge is 0.417 e. The van der Waals surface area contributed by atoms with Gasteiger partial charge in [0.1, 0.15) is 18.8 Å². The van der Waals surface area contributed by atoms with Crippen LogP contribution in [-0.2, 0) is 17.5 Å². The third-order valence-corrected chi connectivity index (χ3v) is 3.81. The third kappa shape index (κ3) is 6.09. The number of nitrogens with zero attached hydrogens (tertiary/aromatic N) is 1. The van der Waals surface area contributed by atoms with Gasteiger partial charge in [-0.15, -0.1) is 0 Å². The standard InChI is InChI=1S/C17H16ClF3N2O4/c18-12-6-11(17(19,20)21)7-22-14(12)15(25)13(24)8-23-16(26)27-9-10-4-2-1-3-5-10/h1-7,13,15,24-25H,8-9H2,(H,23,26). The summed E-state index contributed by atoms with van der Waals surface area (Å²) in [5.41, 5.74) is -0.661. The number of aliphatic hydroxyl groups is 2. The second kappa shape index (κ2) is 9.03. The predicted octanol–water partition coefficient (Wildman–Crippen LogP) is 3.07. The van der Waals surface area contributed by atoms with Crippen LogP contribution in [0.3, 0.4) is 0 Å². The number of aliphatic hydroxyl groups excluding tert-OH is 2. The first-order valence-electron chi connectivity index (χ1n) is 7.72. The number of carbonyl (C=O) groups is 1. The van der Waals surface area contributed by atoms with Crippen molar-refractivity contribution in [1.82, 2.24) is 10.3 Å². The lowest BCUT2D eigenvalue weighted by molar-refractivity contribution is -0.137. The van der Waals surface area contributed by atoms with Crippen molar-refractivity contribution in [2.24, 2.45) is 0 Å². The molecule has 6 nitrogen and oxygen atoms in total. The first-order valence-corrected chi connectivity index (χ1v) is 8.09. The first-order chi connectivity index (χ1) is 12.7. The molecule has 2 atom stereocenters. The molecule has 0 saturated carbocycles. The minimum atomic E-state index is -4.64. The number of nitrogens with one attached hydrogen (secondary N) is 1. The number of aromatic nitrogens is 1. The molecule has 0 aliphatic rings. The first kappa shape index (κ1) is 20.9. The summed E-state index contributed by atoms with van der Waals surface area (Å²) in [5.74, 6) is 0. The molecule has 1 heterocycles. The lowest BCUT2D eigenvalue weighted by Gasteiger charge is -2.19. The Balaban J connectivity index is 1.88. The molecule has 0 fully saturated rings. The van der Waals surface area contributed by atoms with E-state index < -0.39 is 41.6 Å². The fraction of sp³-hybridized carbons (Fsp3) is 0.294. The van der Waals surface area contributed by atoms with Crippen LogP contribution >= 0.6 is 11.6 Å². The average molecular weight is 405 g/mol. The van der Waals surface area contributed by atoms with E-state index >= 15 is 0 Å². The molecule has 2 aromatic rings. The van der Waals surface area contributed by atoms with E-state index in [1.165, 1.54) is 0 Å². The molecule has 1 aromatic heterocycles. The van der Waals surface area contributed by atoms with E-state index in [2.05, 4.69) is 10.3 Å². The molecule has 1 aromatic carbocycles. The van der Waals surface area contributed by atoms with E-state index in [9.17, 15) is 28.2 Å². The number of rotatable bonds is 6. The SMILES string of the molecule is O=C(NCC(O)C(O)c1ncc(C(F)(F)F)cc1Cl)OCc1ccccc1. The van der Waals surface area contributed by atoms with Gasteiger partial charge in [0.25, 0.3) is 0 Å². The van der Waals surface area contributed by atoms with Gasteiger partial charge in [-0.3, -0.25) is 4.98 Å². The van der Waals surface area contributed by atoms with Crippen LogP contribution in [0.15, 0.2) is 42.6 Å². The second-order valence-corrected chi connectivity index (χ2v) is 5.95. The van der Waals surface area contributed by atoms with Gasteiger partial charge in [-0.25, -0.2) is 4.79 Å². The van der Waals surface area contributed by atoms with Crippen molar-refractivity contribution in [2.45, 2.75) is 25.0 Å². The van der Waals surface area contributed by atoms with E-state index in [0.717, 1.165) is 5.56 Å². The maximum absolute atomic E-state index is 12.6. The highest BCUT2D eigenvalue weighted by Crippen LogP contribution is 2.32. The zero-order valence-corrected chi connectivity index (χ0v) is 14.5. The Morgan fingerprint density at radius 1 is 1.26 bits per heavy atom. The van der Waals surface area contributed by atoms with Crippen LogP contribution in [0.2, 0.25) is 5.02 Å². The molecule has 2 unspecified atom stereocenters. The van der Waals surface area contributed by atoms with Crippen molar-refractivity contribution in [3.05, 3.63) is 64.4 Å². The molecule has 146 valence electrons. The van der Waals surface area contributed by atoms with Crippen LogP contribution in [0.4, 0.5) is 18.0 Å². The third-order valence-electron chi connectivity index (χ3n) is 3.51. The summed E-state index contributed by atoms with van der Waals surface area (Å²) in [5, 5.41) is 21.7. The van der Waals surface area contributed by atoms with Gasteiger partial charge in [-0.2, -0.15) is 13.2 Å². The average Bonchev–Trinajstić information content (AvgIpc) is 2.63. The van der Waals surface area contributed by atoms with Crippen molar-refractivity contribution in [2.75, 3.05) is 6.54 Å². The second-order valence-electron chi connectivity index (χ2n) is 5.54. The molecule has 0 bridgehead atoms. The van der Waals surface area contributed by atoms with Gasteiger partial charge in [0, 0.05) is 12.7 Å². The van der Waals surface area contributed by atoms with Crippen LogP contribution in [0, 0.1) is 0 Å². The van der Waals surface area contributed by atoms with Crippen LogP contribution in [-0.4, -0.2) is 33.9 Å². The number of amides is 1. The fourth-order valence-corrected chi connectivity index (χ4v) is 2.36. The number of hydrogen-bond acceptors (Lipinski definition) is 5. The number of alkyl halides is 3. The molecule has 0 spiro atoms. The number of carbonyl (C=O) groups excluding carboxylic acids is 1.